The number of hydrogen-bond donors (Lipinski definition) is 2. The van der Waals surface area contributed by atoms with E-state index in [1.807, 2.05) is 0 Å². The van der Waals surface area contributed by atoms with E-state index in [1.54, 1.807) is 0 Å². The molecular formula is H4BaFO3PZn. The molecular weight excluding hydrogens is 301 g/mol. The standard InChI is InChI=1S/Ba.FH2O3P.Zn.2H/c;1-5(2,3)4;;;/h;(H2,2,3,4);;;/q+2;;;2*-1. The van der Waals surface area contributed by atoms with E-state index in [4.69, 9.17) is 14.4 Å². The van der Waals surface area contributed by atoms with Crippen molar-refractivity contribution in [2.75, 3.05) is 0 Å². The smallest absolute Gasteiger partial charge is 1.00 e. The molecule has 0 aromatic rings. The summed E-state index contributed by atoms with van der Waals surface area (Å²) >= 11 is 0. The van der Waals surface area contributed by atoms with Crippen molar-refractivity contribution in [3.05, 3.63) is 0 Å². The molecule has 0 heterocycles. The molecule has 0 fully saturated rings. The second kappa shape index (κ2) is 6.40. The zero-order chi connectivity index (χ0) is 4.50. The second-order valence-electron chi connectivity index (χ2n) is 0.473. The minimum atomic E-state index is -5.14. The Kier molecular flexibility index (Phi) is 14.7. The van der Waals surface area contributed by atoms with Crippen LogP contribution in [0.1, 0.15) is 2.85 Å². The van der Waals surface area contributed by atoms with Gasteiger partial charge in [0.15, 0.2) is 0 Å². The summed E-state index contributed by atoms with van der Waals surface area (Å²) in [5.41, 5.74) is 0. The number of hydrogen-bond acceptors (Lipinski definition) is 1. The Morgan fingerprint density at radius 1 is 1.57 bits per heavy atom. The molecule has 0 aromatic carbocycles. The molecule has 0 aliphatic heterocycles. The maximum absolute atomic E-state index is 10.4. The maximum Gasteiger partial charge on any atom is 2.00 e. The van der Waals surface area contributed by atoms with Crippen LogP contribution in [-0.4, -0.2) is 58.7 Å². The van der Waals surface area contributed by atoms with E-state index < -0.39 is 7.91 Å². The van der Waals surface area contributed by atoms with Crippen LogP contribution in [-0.2, 0) is 24.0 Å². The molecule has 7 heteroatoms. The van der Waals surface area contributed by atoms with Crippen molar-refractivity contribution < 1.29 is 40.9 Å². The van der Waals surface area contributed by atoms with Crippen LogP contribution in [0.15, 0.2) is 0 Å². The predicted molar refractivity (Wildman–Crippen MR) is 21.1 cm³/mol. The first-order valence-corrected chi connectivity index (χ1v) is 2.25. The maximum atomic E-state index is 10.4. The number of halogens is 1. The third-order valence-electron chi connectivity index (χ3n) is 0. The molecule has 0 unspecified atom stereocenters. The van der Waals surface area contributed by atoms with Gasteiger partial charge in [0.25, 0.3) is 0 Å². The van der Waals surface area contributed by atoms with Gasteiger partial charge in [0.05, 0.1) is 0 Å². The summed E-state index contributed by atoms with van der Waals surface area (Å²) in [4.78, 5) is 13.9. The van der Waals surface area contributed by atoms with Crippen LogP contribution in [0.4, 0.5) is 4.20 Å². The van der Waals surface area contributed by atoms with E-state index in [1.165, 1.54) is 0 Å². The van der Waals surface area contributed by atoms with Crippen LogP contribution in [0.2, 0.25) is 0 Å². The van der Waals surface area contributed by atoms with Crippen molar-refractivity contribution in [1.82, 2.24) is 0 Å². The fourth-order valence-corrected chi connectivity index (χ4v) is 0. The van der Waals surface area contributed by atoms with Crippen LogP contribution < -0.4 is 0 Å². The summed E-state index contributed by atoms with van der Waals surface area (Å²) in [5.74, 6) is 0. The Morgan fingerprint density at radius 3 is 1.57 bits per heavy atom. The van der Waals surface area contributed by atoms with Crippen LogP contribution >= 0.6 is 7.91 Å². The van der Waals surface area contributed by atoms with Crippen molar-refractivity contribution >= 4 is 56.8 Å². The van der Waals surface area contributed by atoms with Gasteiger partial charge in [-0.3, -0.25) is 9.79 Å². The Labute approximate surface area is 96.1 Å². The molecule has 0 amide bonds. The third-order valence-corrected chi connectivity index (χ3v) is 0. The molecule has 7 heavy (non-hydrogen) atoms. The van der Waals surface area contributed by atoms with Gasteiger partial charge in [-0.1, -0.05) is 0 Å². The van der Waals surface area contributed by atoms with Crippen LogP contribution in [0.3, 0.4) is 0 Å². The molecule has 3 nitrogen and oxygen atoms in total. The predicted octanol–water partition coefficient (Wildman–Crippen LogP) is -0.110. The summed E-state index contributed by atoms with van der Waals surface area (Å²) < 4.78 is 19.0. The first-order chi connectivity index (χ1) is 2.00. The Hall–Kier alpha value is 2.27. The van der Waals surface area contributed by atoms with E-state index in [-0.39, 0.29) is 71.2 Å². The molecule has 0 saturated heterocycles. The fourth-order valence-electron chi connectivity index (χ4n) is 0. The van der Waals surface area contributed by atoms with Crippen molar-refractivity contribution in [3.63, 3.8) is 0 Å². The van der Waals surface area contributed by atoms with Gasteiger partial charge in [-0.2, -0.15) is 0 Å². The van der Waals surface area contributed by atoms with Crippen LogP contribution in [0, 0.1) is 0 Å². The zero-order valence-electron chi connectivity index (χ0n) is 5.54. The molecule has 38 valence electrons. The van der Waals surface area contributed by atoms with Crippen LogP contribution in [0.5, 0.6) is 0 Å². The molecule has 0 aliphatic carbocycles. The minimum absolute atomic E-state index is 0. The fraction of sp³-hybridized carbons (Fsp3) is 0. The summed E-state index contributed by atoms with van der Waals surface area (Å²) in [5, 5.41) is 0. The molecule has 0 aromatic heterocycles. The molecule has 2 N–H and O–H groups in total. The summed E-state index contributed by atoms with van der Waals surface area (Å²) in [7, 11) is -5.14. The topological polar surface area (TPSA) is 57.5 Å². The average Bonchev–Trinajstić information content (AvgIpc) is 0.722. The molecule has 0 atom stereocenters. The van der Waals surface area contributed by atoms with E-state index in [9.17, 15) is 4.20 Å². The van der Waals surface area contributed by atoms with Crippen molar-refractivity contribution in [3.8, 4) is 0 Å². The van der Waals surface area contributed by atoms with Gasteiger partial charge < -0.3 is 2.85 Å². The third kappa shape index (κ3) is 63.0. The Balaban J connectivity index is -0.0000000133. The van der Waals surface area contributed by atoms with Gasteiger partial charge in [0, 0.05) is 19.5 Å². The SMILES string of the molecule is O=P(O)(O)F.[Ba+2].[H-].[H-].[Zn]. The van der Waals surface area contributed by atoms with Gasteiger partial charge in [-0.05, 0) is 0 Å². The normalized spacial score (nSPS) is 8.43. The van der Waals surface area contributed by atoms with E-state index in [0.29, 0.717) is 0 Å². The van der Waals surface area contributed by atoms with Gasteiger partial charge in [0.2, 0.25) is 0 Å². The average molecular weight is 305 g/mol. The van der Waals surface area contributed by atoms with Gasteiger partial charge in [0.1, 0.15) is 0 Å². The first kappa shape index (κ1) is 16.1. The zero-order valence-corrected chi connectivity index (χ0v) is 11.8. The summed E-state index contributed by atoms with van der Waals surface area (Å²) in [6, 6.07) is 0. The van der Waals surface area contributed by atoms with Crippen molar-refractivity contribution in [1.29, 1.82) is 0 Å². The molecule has 0 bridgehead atoms. The Bertz CT molecular complexity index is 67.9. The van der Waals surface area contributed by atoms with E-state index in [0.717, 1.165) is 0 Å². The summed E-state index contributed by atoms with van der Waals surface area (Å²) in [6.45, 7) is 0. The molecule has 0 spiro atoms. The molecule has 0 saturated carbocycles. The monoisotopic (exact) mass is 304 g/mol. The van der Waals surface area contributed by atoms with Crippen molar-refractivity contribution in [2.24, 2.45) is 0 Å². The largest absolute Gasteiger partial charge is 2.00 e. The quantitative estimate of drug-likeness (QED) is 0.485. The first-order valence-electron chi connectivity index (χ1n) is 0.752. The molecule has 0 aliphatic rings. The van der Waals surface area contributed by atoms with E-state index in [2.05, 4.69) is 0 Å². The number of rotatable bonds is 0. The second-order valence-corrected chi connectivity index (χ2v) is 1.42. The van der Waals surface area contributed by atoms with Gasteiger partial charge in [-0.15, -0.1) is 4.20 Å². The molecule has 0 radical (unpaired) electrons. The Morgan fingerprint density at radius 2 is 1.57 bits per heavy atom. The molecule has 0 rings (SSSR count). The van der Waals surface area contributed by atoms with Gasteiger partial charge >= 0.3 is 56.8 Å². The van der Waals surface area contributed by atoms with Gasteiger partial charge in [-0.25, -0.2) is 4.57 Å². The minimum Gasteiger partial charge on any atom is -1.00 e. The van der Waals surface area contributed by atoms with Crippen LogP contribution in [0.25, 0.3) is 0 Å². The van der Waals surface area contributed by atoms with E-state index >= 15 is 0 Å². The van der Waals surface area contributed by atoms with Crippen molar-refractivity contribution in [2.45, 2.75) is 0 Å². The summed E-state index contributed by atoms with van der Waals surface area (Å²) in [6.07, 6.45) is 0.